The molecule has 0 rings (SSSR count). The van der Waals surface area contributed by atoms with E-state index in [1.165, 1.54) is 4.90 Å². The van der Waals surface area contributed by atoms with Gasteiger partial charge in [-0.05, 0) is 26.7 Å². The van der Waals surface area contributed by atoms with Gasteiger partial charge in [-0.1, -0.05) is 13.3 Å². The van der Waals surface area contributed by atoms with Crippen molar-refractivity contribution >= 4 is 17.9 Å². The molecule has 0 aromatic heterocycles. The highest BCUT2D eigenvalue weighted by molar-refractivity contribution is 5.84. The second-order valence-electron chi connectivity index (χ2n) is 5.29. The van der Waals surface area contributed by atoms with E-state index >= 15 is 0 Å². The van der Waals surface area contributed by atoms with E-state index in [2.05, 4.69) is 10.6 Å². The van der Waals surface area contributed by atoms with Gasteiger partial charge in [-0.2, -0.15) is 0 Å². The van der Waals surface area contributed by atoms with Crippen LogP contribution in [0.4, 0.5) is 4.79 Å². The monoisotopic (exact) mass is 301 g/mol. The lowest BCUT2D eigenvalue weighted by molar-refractivity contribution is -0.138. The minimum atomic E-state index is -0.875. The first-order chi connectivity index (χ1) is 9.79. The highest BCUT2D eigenvalue weighted by Gasteiger charge is 2.18. The topological polar surface area (TPSA) is 98.7 Å². The number of nitrogens with zero attached hydrogens (tertiary/aromatic N) is 1. The van der Waals surface area contributed by atoms with Crippen LogP contribution in [-0.2, 0) is 9.59 Å². The summed E-state index contributed by atoms with van der Waals surface area (Å²) in [4.78, 5) is 35.7. The molecular weight excluding hydrogens is 274 g/mol. The van der Waals surface area contributed by atoms with Crippen molar-refractivity contribution in [3.05, 3.63) is 0 Å². The quantitative estimate of drug-likeness (QED) is 0.592. The summed E-state index contributed by atoms with van der Waals surface area (Å²) < 4.78 is 0. The van der Waals surface area contributed by atoms with Crippen LogP contribution >= 0.6 is 0 Å². The lowest BCUT2D eigenvalue weighted by Crippen LogP contribution is -2.47. The van der Waals surface area contributed by atoms with Crippen LogP contribution in [0.3, 0.4) is 0 Å². The first-order valence-corrected chi connectivity index (χ1v) is 7.34. The fourth-order valence-corrected chi connectivity index (χ4v) is 1.82. The van der Waals surface area contributed by atoms with Crippen molar-refractivity contribution in [2.75, 3.05) is 19.6 Å². The summed E-state index contributed by atoms with van der Waals surface area (Å²) >= 11 is 0. The molecule has 0 fully saturated rings. The third-order valence-corrected chi connectivity index (χ3v) is 3.04. The number of carbonyl (C=O) groups is 3. The number of carboxylic acid groups (broad SMARTS) is 1. The van der Waals surface area contributed by atoms with Crippen molar-refractivity contribution in [2.24, 2.45) is 5.92 Å². The van der Waals surface area contributed by atoms with Crippen LogP contribution in [0, 0.1) is 5.92 Å². The van der Waals surface area contributed by atoms with Gasteiger partial charge in [0.25, 0.3) is 0 Å². The summed E-state index contributed by atoms with van der Waals surface area (Å²) in [6, 6.07) is -0.320. The second-order valence-corrected chi connectivity index (χ2v) is 5.29. The predicted molar refractivity (Wildman–Crippen MR) is 80.0 cm³/mol. The van der Waals surface area contributed by atoms with Gasteiger partial charge >= 0.3 is 12.0 Å². The Labute approximate surface area is 126 Å². The zero-order chi connectivity index (χ0) is 16.4. The average molecular weight is 301 g/mol. The lowest BCUT2D eigenvalue weighted by atomic mass is 10.0. The van der Waals surface area contributed by atoms with Gasteiger partial charge in [0.15, 0.2) is 0 Å². The van der Waals surface area contributed by atoms with Gasteiger partial charge in [0.05, 0.1) is 0 Å². The largest absolute Gasteiger partial charge is 0.481 e. The SMILES string of the molecule is CCC(CNC(=O)N(CC)CC(=O)NC(C)C)CC(=O)O. The van der Waals surface area contributed by atoms with Gasteiger partial charge in [0, 0.05) is 25.6 Å². The molecule has 7 nitrogen and oxygen atoms in total. The molecule has 0 aliphatic heterocycles. The molecule has 1 atom stereocenters. The zero-order valence-electron chi connectivity index (χ0n) is 13.3. The van der Waals surface area contributed by atoms with Crippen molar-refractivity contribution in [2.45, 2.75) is 46.6 Å². The standard InChI is InChI=1S/C14H27N3O4/c1-5-11(7-13(19)20)8-15-14(21)17(6-2)9-12(18)16-10(3)4/h10-11H,5-9H2,1-4H3,(H,15,21)(H,16,18)(H,19,20). The summed E-state index contributed by atoms with van der Waals surface area (Å²) in [6.07, 6.45) is 0.698. The predicted octanol–water partition coefficient (Wildman–Crippen LogP) is 1.04. The zero-order valence-corrected chi connectivity index (χ0v) is 13.3. The first kappa shape index (κ1) is 19.2. The average Bonchev–Trinajstić information content (AvgIpc) is 2.39. The van der Waals surface area contributed by atoms with E-state index < -0.39 is 5.97 Å². The maximum atomic E-state index is 12.0. The number of rotatable bonds is 9. The number of carboxylic acids is 1. The van der Waals surface area contributed by atoms with E-state index in [0.717, 1.165) is 0 Å². The van der Waals surface area contributed by atoms with Crippen molar-refractivity contribution < 1.29 is 19.5 Å². The maximum absolute atomic E-state index is 12.0. The fourth-order valence-electron chi connectivity index (χ4n) is 1.82. The van der Waals surface area contributed by atoms with Crippen molar-refractivity contribution in [3.63, 3.8) is 0 Å². The molecule has 0 heterocycles. The van der Waals surface area contributed by atoms with Gasteiger partial charge in [-0.15, -0.1) is 0 Å². The Morgan fingerprint density at radius 1 is 1.19 bits per heavy atom. The maximum Gasteiger partial charge on any atom is 0.317 e. The Bertz CT molecular complexity index is 358. The molecule has 0 aromatic rings. The van der Waals surface area contributed by atoms with E-state index in [0.29, 0.717) is 19.5 Å². The highest BCUT2D eigenvalue weighted by Crippen LogP contribution is 2.06. The van der Waals surface area contributed by atoms with Crippen LogP contribution in [0.1, 0.15) is 40.5 Å². The molecule has 1 unspecified atom stereocenters. The van der Waals surface area contributed by atoms with Crippen LogP contribution in [0.15, 0.2) is 0 Å². The van der Waals surface area contributed by atoms with Gasteiger partial charge in [-0.25, -0.2) is 4.79 Å². The normalized spacial score (nSPS) is 11.9. The Morgan fingerprint density at radius 2 is 1.81 bits per heavy atom. The number of carbonyl (C=O) groups excluding carboxylic acids is 2. The molecule has 21 heavy (non-hydrogen) atoms. The lowest BCUT2D eigenvalue weighted by Gasteiger charge is -2.23. The number of nitrogens with one attached hydrogen (secondary N) is 2. The number of urea groups is 1. The molecule has 122 valence electrons. The number of aliphatic carboxylic acids is 1. The van der Waals surface area contributed by atoms with E-state index in [1.807, 2.05) is 20.8 Å². The van der Waals surface area contributed by atoms with Gasteiger partial charge in [0.1, 0.15) is 6.54 Å². The third-order valence-electron chi connectivity index (χ3n) is 3.04. The van der Waals surface area contributed by atoms with Crippen LogP contribution in [0.2, 0.25) is 0 Å². The Hall–Kier alpha value is -1.79. The summed E-state index contributed by atoms with van der Waals surface area (Å²) in [5.74, 6) is -1.19. The molecule has 7 heteroatoms. The second kappa shape index (κ2) is 10.0. The molecule has 0 spiro atoms. The number of amides is 3. The minimum Gasteiger partial charge on any atom is -0.481 e. The summed E-state index contributed by atoms with van der Waals surface area (Å²) in [5.41, 5.74) is 0. The number of hydrogen-bond acceptors (Lipinski definition) is 3. The molecular formula is C14H27N3O4. The van der Waals surface area contributed by atoms with Crippen molar-refractivity contribution in [1.82, 2.24) is 15.5 Å². The fraction of sp³-hybridized carbons (Fsp3) is 0.786. The van der Waals surface area contributed by atoms with Gasteiger partial charge < -0.3 is 20.6 Å². The molecule has 0 radical (unpaired) electrons. The van der Waals surface area contributed by atoms with Gasteiger partial charge in [-0.3, -0.25) is 9.59 Å². The molecule has 0 aliphatic rings. The molecule has 3 amide bonds. The Balaban J connectivity index is 4.32. The van der Waals surface area contributed by atoms with Crippen LogP contribution in [-0.4, -0.2) is 53.6 Å². The summed E-state index contributed by atoms with van der Waals surface area (Å²) in [6.45, 7) is 8.08. The Morgan fingerprint density at radius 3 is 2.24 bits per heavy atom. The van der Waals surface area contributed by atoms with Crippen LogP contribution in [0.5, 0.6) is 0 Å². The van der Waals surface area contributed by atoms with Gasteiger partial charge in [0.2, 0.25) is 5.91 Å². The number of hydrogen-bond donors (Lipinski definition) is 3. The minimum absolute atomic E-state index is 0.00373. The van der Waals surface area contributed by atoms with Crippen molar-refractivity contribution in [3.8, 4) is 0 Å². The third kappa shape index (κ3) is 8.88. The Kier molecular flexibility index (Phi) is 9.16. The molecule has 0 saturated heterocycles. The number of likely N-dealkylation sites (N-methyl/N-ethyl adjacent to an activating group) is 1. The summed E-state index contributed by atoms with van der Waals surface area (Å²) in [7, 11) is 0. The van der Waals surface area contributed by atoms with Crippen LogP contribution in [0.25, 0.3) is 0 Å². The highest BCUT2D eigenvalue weighted by atomic mass is 16.4. The molecule has 0 bridgehead atoms. The van der Waals surface area contributed by atoms with E-state index in [1.54, 1.807) is 6.92 Å². The molecule has 0 aliphatic carbocycles. The molecule has 3 N–H and O–H groups in total. The van der Waals surface area contributed by atoms with Crippen LogP contribution < -0.4 is 10.6 Å². The molecule has 0 aromatic carbocycles. The first-order valence-electron chi connectivity index (χ1n) is 7.34. The van der Waals surface area contributed by atoms with Crippen molar-refractivity contribution in [1.29, 1.82) is 0 Å². The van der Waals surface area contributed by atoms with E-state index in [-0.39, 0.29) is 36.9 Å². The smallest absolute Gasteiger partial charge is 0.317 e. The summed E-state index contributed by atoms with van der Waals surface area (Å²) in [5, 5.41) is 14.2. The van der Waals surface area contributed by atoms with E-state index in [4.69, 9.17) is 5.11 Å². The van der Waals surface area contributed by atoms with E-state index in [9.17, 15) is 14.4 Å². The molecule has 0 saturated carbocycles.